The summed E-state index contributed by atoms with van der Waals surface area (Å²) >= 11 is 1.61. The van der Waals surface area contributed by atoms with Gasteiger partial charge in [-0.3, -0.25) is 5.32 Å². The predicted molar refractivity (Wildman–Crippen MR) is 78.6 cm³/mol. The monoisotopic (exact) mass is 291 g/mol. The van der Waals surface area contributed by atoms with Crippen LogP contribution in [0.3, 0.4) is 0 Å². The van der Waals surface area contributed by atoms with E-state index in [1.807, 2.05) is 17.5 Å². The summed E-state index contributed by atoms with van der Waals surface area (Å²) in [7, 11) is 0. The molecule has 0 saturated heterocycles. The first-order chi connectivity index (χ1) is 9.72. The molecule has 1 unspecified atom stereocenters. The van der Waals surface area contributed by atoms with E-state index in [1.165, 1.54) is 0 Å². The van der Waals surface area contributed by atoms with E-state index in [2.05, 4.69) is 5.32 Å². The highest BCUT2D eigenvalue weighted by molar-refractivity contribution is 7.09. The molecule has 0 spiro atoms. The molecule has 4 nitrogen and oxygen atoms in total. The topological polar surface area (TPSA) is 58.6 Å². The number of hydrogen-bond donors (Lipinski definition) is 2. The minimum Gasteiger partial charge on any atom is -0.508 e. The van der Waals surface area contributed by atoms with Crippen molar-refractivity contribution >= 4 is 17.3 Å². The molecule has 0 aliphatic heterocycles. The fourth-order valence-electron chi connectivity index (χ4n) is 1.89. The third-order valence-electron chi connectivity index (χ3n) is 2.83. The Hall–Kier alpha value is -1.85. The maximum atomic E-state index is 12.1. The highest BCUT2D eigenvalue weighted by Crippen LogP contribution is 2.25. The second-order valence-corrected chi connectivity index (χ2v) is 5.24. The number of para-hydroxylation sites is 1. The zero-order chi connectivity index (χ0) is 14.4. The molecule has 1 aromatic heterocycles. The summed E-state index contributed by atoms with van der Waals surface area (Å²) in [6.07, 6.45) is 0. The van der Waals surface area contributed by atoms with Gasteiger partial charge in [-0.2, -0.15) is 0 Å². The molecule has 2 rings (SSSR count). The van der Waals surface area contributed by atoms with Crippen LogP contribution in [0.1, 0.15) is 23.4 Å². The van der Waals surface area contributed by atoms with Crippen molar-refractivity contribution in [2.24, 2.45) is 0 Å². The average Bonchev–Trinajstić information content (AvgIpc) is 2.94. The van der Waals surface area contributed by atoms with Crippen LogP contribution in [0.5, 0.6) is 5.75 Å². The van der Waals surface area contributed by atoms with Crippen LogP contribution in [0.25, 0.3) is 0 Å². The van der Waals surface area contributed by atoms with Crippen LogP contribution in [0.15, 0.2) is 41.8 Å². The fourth-order valence-corrected chi connectivity index (χ4v) is 2.55. The van der Waals surface area contributed by atoms with Gasteiger partial charge in [0.1, 0.15) is 11.8 Å². The lowest BCUT2D eigenvalue weighted by Gasteiger charge is -2.18. The first kappa shape index (κ1) is 14.6. The highest BCUT2D eigenvalue weighted by atomic mass is 32.1. The fraction of sp³-hybridized carbons (Fsp3) is 0.267. The van der Waals surface area contributed by atoms with E-state index in [0.29, 0.717) is 18.7 Å². The van der Waals surface area contributed by atoms with E-state index in [4.69, 9.17) is 4.74 Å². The standard InChI is InChI=1S/C15H17NO3S/c1-2-19-15(18)14(12-7-3-4-8-13(12)17)16-10-11-6-5-9-20-11/h3-9,14,16-17H,2,10H2,1H3. The summed E-state index contributed by atoms with van der Waals surface area (Å²) in [5.74, 6) is -0.296. The summed E-state index contributed by atoms with van der Waals surface area (Å²) in [5, 5.41) is 15.0. The number of carbonyl (C=O) groups is 1. The van der Waals surface area contributed by atoms with Crippen molar-refractivity contribution in [2.75, 3.05) is 6.61 Å². The van der Waals surface area contributed by atoms with Gasteiger partial charge < -0.3 is 9.84 Å². The van der Waals surface area contributed by atoms with Gasteiger partial charge in [-0.05, 0) is 24.4 Å². The van der Waals surface area contributed by atoms with Crippen molar-refractivity contribution in [2.45, 2.75) is 19.5 Å². The number of nitrogens with one attached hydrogen (secondary N) is 1. The Kier molecular flexibility index (Phi) is 5.15. The highest BCUT2D eigenvalue weighted by Gasteiger charge is 2.24. The molecule has 1 atom stereocenters. The van der Waals surface area contributed by atoms with E-state index in [1.54, 1.807) is 42.5 Å². The molecule has 2 aromatic rings. The molecule has 0 bridgehead atoms. The Balaban J connectivity index is 2.16. The SMILES string of the molecule is CCOC(=O)C(NCc1cccs1)c1ccccc1O. The number of phenolic OH excluding ortho intramolecular Hbond substituents is 1. The number of phenols is 1. The number of esters is 1. The average molecular weight is 291 g/mol. The summed E-state index contributed by atoms with van der Waals surface area (Å²) in [6.45, 7) is 2.62. The zero-order valence-corrected chi connectivity index (χ0v) is 12.0. The molecule has 2 N–H and O–H groups in total. The minimum absolute atomic E-state index is 0.0873. The Morgan fingerprint density at radius 2 is 2.15 bits per heavy atom. The van der Waals surface area contributed by atoms with Crippen molar-refractivity contribution in [1.29, 1.82) is 0 Å². The summed E-state index contributed by atoms with van der Waals surface area (Å²) < 4.78 is 5.07. The number of ether oxygens (including phenoxy) is 1. The summed E-state index contributed by atoms with van der Waals surface area (Å²) in [6, 6.07) is 10.1. The van der Waals surface area contributed by atoms with Gasteiger partial charge in [0.05, 0.1) is 6.61 Å². The normalized spacial score (nSPS) is 12.1. The predicted octanol–water partition coefficient (Wildman–Crippen LogP) is 2.85. The number of aromatic hydroxyl groups is 1. The van der Waals surface area contributed by atoms with Gasteiger partial charge in [0.15, 0.2) is 0 Å². The molecule has 0 saturated carbocycles. The van der Waals surface area contributed by atoms with Crippen LogP contribution in [0, 0.1) is 0 Å². The number of benzene rings is 1. The number of carbonyl (C=O) groups excluding carboxylic acids is 1. The lowest BCUT2D eigenvalue weighted by molar-refractivity contribution is -0.146. The molecule has 0 aliphatic carbocycles. The lowest BCUT2D eigenvalue weighted by atomic mass is 10.1. The van der Waals surface area contributed by atoms with Gasteiger partial charge in [-0.15, -0.1) is 11.3 Å². The number of hydrogen-bond acceptors (Lipinski definition) is 5. The molecule has 1 heterocycles. The van der Waals surface area contributed by atoms with E-state index < -0.39 is 6.04 Å². The van der Waals surface area contributed by atoms with Gasteiger partial charge >= 0.3 is 5.97 Å². The van der Waals surface area contributed by atoms with Gasteiger partial charge in [-0.25, -0.2) is 4.79 Å². The zero-order valence-electron chi connectivity index (χ0n) is 11.2. The quantitative estimate of drug-likeness (QED) is 0.804. The van der Waals surface area contributed by atoms with Crippen molar-refractivity contribution in [3.63, 3.8) is 0 Å². The summed E-state index contributed by atoms with van der Waals surface area (Å²) in [5.41, 5.74) is 0.530. The molecular weight excluding hydrogens is 274 g/mol. The largest absolute Gasteiger partial charge is 0.508 e. The van der Waals surface area contributed by atoms with Crippen LogP contribution in [0.2, 0.25) is 0 Å². The molecule has 0 amide bonds. The number of thiophene rings is 1. The summed E-state index contributed by atoms with van der Waals surface area (Å²) in [4.78, 5) is 13.2. The molecule has 106 valence electrons. The third-order valence-corrected chi connectivity index (χ3v) is 3.71. The van der Waals surface area contributed by atoms with Crippen LogP contribution in [-0.2, 0) is 16.1 Å². The van der Waals surface area contributed by atoms with E-state index in [0.717, 1.165) is 4.88 Å². The maximum absolute atomic E-state index is 12.1. The first-order valence-corrected chi connectivity index (χ1v) is 7.30. The first-order valence-electron chi connectivity index (χ1n) is 6.42. The van der Waals surface area contributed by atoms with Crippen molar-refractivity contribution < 1.29 is 14.6 Å². The molecule has 20 heavy (non-hydrogen) atoms. The van der Waals surface area contributed by atoms with Crippen LogP contribution in [0.4, 0.5) is 0 Å². The van der Waals surface area contributed by atoms with Gasteiger partial charge in [0.2, 0.25) is 0 Å². The Morgan fingerprint density at radius 1 is 1.35 bits per heavy atom. The molecule has 5 heteroatoms. The maximum Gasteiger partial charge on any atom is 0.327 e. The Bertz CT molecular complexity index is 554. The molecule has 0 aliphatic rings. The minimum atomic E-state index is -0.668. The van der Waals surface area contributed by atoms with Crippen LogP contribution < -0.4 is 5.32 Å². The van der Waals surface area contributed by atoms with Gasteiger partial charge in [0.25, 0.3) is 0 Å². The second-order valence-electron chi connectivity index (χ2n) is 4.20. The number of rotatable bonds is 6. The lowest BCUT2D eigenvalue weighted by Crippen LogP contribution is -2.29. The molecular formula is C15H17NO3S. The third kappa shape index (κ3) is 3.59. The van der Waals surface area contributed by atoms with Crippen molar-refractivity contribution in [3.8, 4) is 5.75 Å². The van der Waals surface area contributed by atoms with Gasteiger partial charge in [-0.1, -0.05) is 24.3 Å². The Morgan fingerprint density at radius 3 is 2.80 bits per heavy atom. The van der Waals surface area contributed by atoms with Crippen molar-refractivity contribution in [3.05, 3.63) is 52.2 Å². The molecule has 1 aromatic carbocycles. The van der Waals surface area contributed by atoms with Crippen molar-refractivity contribution in [1.82, 2.24) is 5.32 Å². The van der Waals surface area contributed by atoms with E-state index in [9.17, 15) is 9.90 Å². The van der Waals surface area contributed by atoms with Crippen LogP contribution >= 0.6 is 11.3 Å². The smallest absolute Gasteiger partial charge is 0.327 e. The molecule has 0 radical (unpaired) electrons. The van der Waals surface area contributed by atoms with E-state index >= 15 is 0 Å². The van der Waals surface area contributed by atoms with E-state index in [-0.39, 0.29) is 11.7 Å². The van der Waals surface area contributed by atoms with Crippen LogP contribution in [-0.4, -0.2) is 17.7 Å². The Labute approximate surface area is 122 Å². The molecule has 0 fully saturated rings. The van der Waals surface area contributed by atoms with Gasteiger partial charge in [0, 0.05) is 17.0 Å². The second kappa shape index (κ2) is 7.07.